The number of nitrogens with zero attached hydrogens (tertiary/aromatic N) is 4. The molecular formula is C51H30N4S. The molecule has 0 saturated heterocycles. The van der Waals surface area contributed by atoms with E-state index in [1.54, 1.807) is 0 Å². The van der Waals surface area contributed by atoms with Crippen LogP contribution in [0.2, 0.25) is 0 Å². The normalized spacial score (nSPS) is 11.9. The highest BCUT2D eigenvalue weighted by molar-refractivity contribution is 7.25. The standard InChI is InChI=1S/C51H30N4S/c1-2-14-31(15-3-1)49-52-50(54-51(53-49)42-29-34-18-6-7-19-35(34)36-20-8-9-21-37(36)42)40-26-27-46-47(39-23-11-13-25-45(39)56-46)48(40)55-43-24-12-10-22-38(43)41-28-32-16-4-5-17-33(32)30-44(41)55/h1-30H. The molecule has 0 spiro atoms. The average Bonchev–Trinajstić information content (AvgIpc) is 3.80. The first-order valence-corrected chi connectivity index (χ1v) is 19.7. The van der Waals surface area contributed by atoms with Gasteiger partial charge in [0, 0.05) is 47.6 Å². The van der Waals surface area contributed by atoms with Crippen molar-refractivity contribution in [2.45, 2.75) is 0 Å². The Balaban J connectivity index is 1.24. The number of fused-ring (bicyclic) bond motifs is 10. The van der Waals surface area contributed by atoms with Gasteiger partial charge in [0.2, 0.25) is 0 Å². The Morgan fingerprint density at radius 1 is 0.357 bits per heavy atom. The molecule has 0 bridgehead atoms. The lowest BCUT2D eigenvalue weighted by molar-refractivity contribution is 1.07. The summed E-state index contributed by atoms with van der Waals surface area (Å²) in [5.74, 6) is 1.91. The molecule has 260 valence electrons. The molecule has 12 aromatic rings. The van der Waals surface area contributed by atoms with Crippen LogP contribution in [0.15, 0.2) is 182 Å². The van der Waals surface area contributed by atoms with Crippen molar-refractivity contribution in [1.29, 1.82) is 0 Å². The number of benzene rings is 9. The van der Waals surface area contributed by atoms with E-state index in [4.69, 9.17) is 15.0 Å². The molecule has 3 aromatic heterocycles. The highest BCUT2D eigenvalue weighted by Gasteiger charge is 2.24. The Kier molecular flexibility index (Phi) is 6.76. The summed E-state index contributed by atoms with van der Waals surface area (Å²) in [5, 5.41) is 11.9. The van der Waals surface area contributed by atoms with Crippen LogP contribution in [-0.4, -0.2) is 19.5 Å². The number of aromatic nitrogens is 4. The first-order valence-electron chi connectivity index (χ1n) is 18.9. The Bertz CT molecular complexity index is 3540. The zero-order valence-electron chi connectivity index (χ0n) is 30.0. The van der Waals surface area contributed by atoms with Gasteiger partial charge in [-0.3, -0.25) is 0 Å². The van der Waals surface area contributed by atoms with Crippen LogP contribution >= 0.6 is 11.3 Å². The minimum Gasteiger partial charge on any atom is -0.308 e. The second-order valence-electron chi connectivity index (χ2n) is 14.4. The van der Waals surface area contributed by atoms with Crippen molar-refractivity contribution in [1.82, 2.24) is 19.5 Å². The fourth-order valence-electron chi connectivity index (χ4n) is 8.68. The van der Waals surface area contributed by atoms with Crippen LogP contribution in [0.1, 0.15) is 0 Å². The second-order valence-corrected chi connectivity index (χ2v) is 15.4. The van der Waals surface area contributed by atoms with Crippen LogP contribution < -0.4 is 0 Å². The van der Waals surface area contributed by atoms with E-state index in [-0.39, 0.29) is 0 Å². The van der Waals surface area contributed by atoms with Gasteiger partial charge in [0.25, 0.3) is 0 Å². The Morgan fingerprint density at radius 3 is 1.79 bits per heavy atom. The second kappa shape index (κ2) is 12.2. The summed E-state index contributed by atoms with van der Waals surface area (Å²) in [4.78, 5) is 16.1. The van der Waals surface area contributed by atoms with Crippen molar-refractivity contribution in [2.24, 2.45) is 0 Å². The van der Waals surface area contributed by atoms with E-state index in [1.807, 2.05) is 29.5 Å². The minimum atomic E-state index is 0.630. The number of hydrogen-bond acceptors (Lipinski definition) is 4. The van der Waals surface area contributed by atoms with Gasteiger partial charge >= 0.3 is 0 Å². The molecule has 4 nitrogen and oxygen atoms in total. The summed E-state index contributed by atoms with van der Waals surface area (Å²) in [5.41, 5.74) is 6.22. The van der Waals surface area contributed by atoms with Crippen molar-refractivity contribution in [3.8, 4) is 39.9 Å². The molecule has 0 saturated carbocycles. The topological polar surface area (TPSA) is 43.6 Å². The molecule has 0 aliphatic rings. The third kappa shape index (κ3) is 4.68. The maximum atomic E-state index is 5.48. The fourth-order valence-corrected chi connectivity index (χ4v) is 9.79. The van der Waals surface area contributed by atoms with Crippen LogP contribution in [0.5, 0.6) is 0 Å². The summed E-state index contributed by atoms with van der Waals surface area (Å²) < 4.78 is 4.93. The van der Waals surface area contributed by atoms with Gasteiger partial charge < -0.3 is 4.57 Å². The van der Waals surface area contributed by atoms with E-state index in [0.29, 0.717) is 17.5 Å². The first-order chi connectivity index (χ1) is 27.8. The van der Waals surface area contributed by atoms with Crippen molar-refractivity contribution >= 4 is 85.6 Å². The quantitative estimate of drug-likeness (QED) is 0.169. The van der Waals surface area contributed by atoms with Gasteiger partial charge in [-0.15, -0.1) is 11.3 Å². The smallest absolute Gasteiger partial charge is 0.166 e. The maximum Gasteiger partial charge on any atom is 0.166 e. The molecular weight excluding hydrogens is 701 g/mol. The molecule has 0 fully saturated rings. The molecule has 0 radical (unpaired) electrons. The van der Waals surface area contributed by atoms with Crippen LogP contribution in [-0.2, 0) is 0 Å². The SMILES string of the molecule is c1ccc(-c2nc(-c3ccc4sc5ccccc5c4c3-n3c4ccccc4c4cc5ccccc5cc43)nc(-c3cc4ccccc4c4ccccc34)n2)cc1. The molecule has 0 amide bonds. The van der Waals surface area contributed by atoms with Crippen molar-refractivity contribution < 1.29 is 0 Å². The van der Waals surface area contributed by atoms with Crippen LogP contribution in [0, 0.1) is 0 Å². The molecule has 0 N–H and O–H groups in total. The fraction of sp³-hybridized carbons (Fsp3) is 0. The third-order valence-corrected chi connectivity index (χ3v) is 12.3. The predicted molar refractivity (Wildman–Crippen MR) is 236 cm³/mol. The minimum absolute atomic E-state index is 0.630. The van der Waals surface area contributed by atoms with E-state index in [9.17, 15) is 0 Å². The van der Waals surface area contributed by atoms with Crippen molar-refractivity contribution in [3.63, 3.8) is 0 Å². The van der Waals surface area contributed by atoms with Crippen molar-refractivity contribution in [2.75, 3.05) is 0 Å². The number of rotatable bonds is 4. The van der Waals surface area contributed by atoms with Crippen LogP contribution in [0.3, 0.4) is 0 Å². The number of thiophene rings is 1. The predicted octanol–water partition coefficient (Wildman–Crippen LogP) is 13.8. The lowest BCUT2D eigenvalue weighted by Crippen LogP contribution is -2.04. The molecule has 56 heavy (non-hydrogen) atoms. The molecule has 9 aromatic carbocycles. The molecule has 0 atom stereocenters. The zero-order valence-corrected chi connectivity index (χ0v) is 30.8. The monoisotopic (exact) mass is 730 g/mol. The number of para-hydroxylation sites is 1. The van der Waals surface area contributed by atoms with Gasteiger partial charge in [0.15, 0.2) is 17.5 Å². The molecule has 3 heterocycles. The van der Waals surface area contributed by atoms with Crippen LogP contribution in [0.4, 0.5) is 0 Å². The highest BCUT2D eigenvalue weighted by atomic mass is 32.1. The van der Waals surface area contributed by atoms with E-state index in [0.717, 1.165) is 44.2 Å². The van der Waals surface area contributed by atoms with Crippen LogP contribution in [0.25, 0.3) is 114 Å². The molecule has 12 rings (SSSR count). The summed E-state index contributed by atoms with van der Waals surface area (Å²) in [6.07, 6.45) is 0. The van der Waals surface area contributed by atoms with Crippen molar-refractivity contribution in [3.05, 3.63) is 182 Å². The Labute approximate surface area is 325 Å². The van der Waals surface area contributed by atoms with Gasteiger partial charge in [-0.2, -0.15) is 0 Å². The van der Waals surface area contributed by atoms with E-state index in [1.165, 1.54) is 52.5 Å². The van der Waals surface area contributed by atoms with Gasteiger partial charge in [-0.25, -0.2) is 15.0 Å². The van der Waals surface area contributed by atoms with Gasteiger partial charge in [-0.05, 0) is 74.8 Å². The maximum absolute atomic E-state index is 5.48. The van der Waals surface area contributed by atoms with E-state index >= 15 is 0 Å². The molecule has 0 aliphatic carbocycles. The van der Waals surface area contributed by atoms with Gasteiger partial charge in [0.1, 0.15) is 0 Å². The molecule has 0 aliphatic heterocycles. The lowest BCUT2D eigenvalue weighted by atomic mass is 9.96. The first kappa shape index (κ1) is 31.2. The summed E-state index contributed by atoms with van der Waals surface area (Å²) in [6, 6.07) is 65.0. The summed E-state index contributed by atoms with van der Waals surface area (Å²) in [7, 11) is 0. The Morgan fingerprint density at radius 2 is 0.964 bits per heavy atom. The Hall–Kier alpha value is -7.21. The highest BCUT2D eigenvalue weighted by Crippen LogP contribution is 2.46. The summed E-state index contributed by atoms with van der Waals surface area (Å²) >= 11 is 1.83. The van der Waals surface area contributed by atoms with E-state index < -0.39 is 0 Å². The zero-order chi connectivity index (χ0) is 36.7. The number of hydrogen-bond donors (Lipinski definition) is 0. The van der Waals surface area contributed by atoms with Gasteiger partial charge in [-0.1, -0.05) is 140 Å². The molecule has 0 unspecified atom stereocenters. The third-order valence-electron chi connectivity index (χ3n) is 11.2. The molecule has 5 heteroatoms. The van der Waals surface area contributed by atoms with Gasteiger partial charge in [0.05, 0.1) is 16.7 Å². The lowest BCUT2D eigenvalue weighted by Gasteiger charge is -2.17. The largest absolute Gasteiger partial charge is 0.308 e. The summed E-state index contributed by atoms with van der Waals surface area (Å²) in [6.45, 7) is 0. The van der Waals surface area contributed by atoms with E-state index in [2.05, 4.69) is 168 Å². The average molecular weight is 731 g/mol.